The van der Waals surface area contributed by atoms with Crippen molar-refractivity contribution in [3.05, 3.63) is 60.2 Å². The van der Waals surface area contributed by atoms with E-state index >= 15 is 0 Å². The fourth-order valence-electron chi connectivity index (χ4n) is 3.69. The molecular formula is C22H24N2O2. The quantitative estimate of drug-likeness (QED) is 0.852. The van der Waals surface area contributed by atoms with Gasteiger partial charge < -0.3 is 9.80 Å². The van der Waals surface area contributed by atoms with Crippen molar-refractivity contribution in [3.8, 4) is 11.1 Å². The first kappa shape index (κ1) is 16.8. The molecule has 0 unspecified atom stereocenters. The van der Waals surface area contributed by atoms with E-state index in [1.54, 1.807) is 0 Å². The number of amides is 2. The first-order chi connectivity index (χ1) is 12.7. The molecule has 2 aromatic carbocycles. The highest BCUT2D eigenvalue weighted by Gasteiger charge is 2.32. The molecular weight excluding hydrogens is 324 g/mol. The minimum atomic E-state index is 0.0542. The maximum absolute atomic E-state index is 12.9. The van der Waals surface area contributed by atoms with Gasteiger partial charge in [0, 0.05) is 37.7 Å². The van der Waals surface area contributed by atoms with Crippen molar-refractivity contribution in [2.45, 2.75) is 19.3 Å². The van der Waals surface area contributed by atoms with E-state index in [0.717, 1.165) is 24.0 Å². The molecule has 0 aromatic heterocycles. The van der Waals surface area contributed by atoms with E-state index in [9.17, 15) is 9.59 Å². The summed E-state index contributed by atoms with van der Waals surface area (Å²) in [7, 11) is 0. The van der Waals surface area contributed by atoms with Crippen LogP contribution in [0.1, 0.15) is 29.6 Å². The van der Waals surface area contributed by atoms with Gasteiger partial charge >= 0.3 is 0 Å². The molecule has 2 aliphatic rings. The van der Waals surface area contributed by atoms with E-state index in [4.69, 9.17) is 0 Å². The fourth-order valence-corrected chi connectivity index (χ4v) is 3.69. The molecule has 2 fully saturated rings. The second kappa shape index (κ2) is 7.32. The zero-order valence-electron chi connectivity index (χ0n) is 14.9. The monoisotopic (exact) mass is 348 g/mol. The number of hydrogen-bond donors (Lipinski definition) is 0. The number of benzene rings is 2. The lowest BCUT2D eigenvalue weighted by Gasteiger charge is -2.38. The number of hydrogen-bond acceptors (Lipinski definition) is 2. The molecule has 1 saturated carbocycles. The third kappa shape index (κ3) is 3.36. The van der Waals surface area contributed by atoms with Gasteiger partial charge in [0.2, 0.25) is 5.91 Å². The van der Waals surface area contributed by atoms with Gasteiger partial charge in [0.15, 0.2) is 0 Å². The predicted molar refractivity (Wildman–Crippen MR) is 102 cm³/mol. The smallest absolute Gasteiger partial charge is 0.253 e. The Kier molecular flexibility index (Phi) is 4.74. The Bertz CT molecular complexity index is 791. The van der Waals surface area contributed by atoms with Crippen molar-refractivity contribution in [1.82, 2.24) is 9.80 Å². The average molecular weight is 348 g/mol. The Morgan fingerprint density at radius 1 is 0.769 bits per heavy atom. The zero-order valence-corrected chi connectivity index (χ0v) is 14.9. The van der Waals surface area contributed by atoms with Crippen LogP contribution in [0.15, 0.2) is 54.6 Å². The summed E-state index contributed by atoms with van der Waals surface area (Å²) in [4.78, 5) is 29.0. The van der Waals surface area contributed by atoms with Gasteiger partial charge in [-0.3, -0.25) is 9.59 Å². The van der Waals surface area contributed by atoms with E-state index in [1.165, 1.54) is 6.42 Å². The van der Waals surface area contributed by atoms with Crippen LogP contribution >= 0.6 is 0 Å². The summed E-state index contributed by atoms with van der Waals surface area (Å²) < 4.78 is 0. The summed E-state index contributed by atoms with van der Waals surface area (Å²) in [6, 6.07) is 17.9. The normalized spacial score (nSPS) is 17.7. The lowest BCUT2D eigenvalue weighted by molar-refractivity contribution is -0.139. The highest BCUT2D eigenvalue weighted by Crippen LogP contribution is 2.28. The van der Waals surface area contributed by atoms with E-state index in [-0.39, 0.29) is 17.7 Å². The van der Waals surface area contributed by atoms with E-state index in [1.807, 2.05) is 52.3 Å². The van der Waals surface area contributed by atoms with Crippen LogP contribution in [0.5, 0.6) is 0 Å². The molecule has 1 aliphatic heterocycles. The number of nitrogens with zero attached hydrogens (tertiary/aromatic N) is 2. The van der Waals surface area contributed by atoms with Crippen LogP contribution in [0, 0.1) is 5.92 Å². The number of carbonyl (C=O) groups excluding carboxylic acids is 2. The molecule has 1 saturated heterocycles. The van der Waals surface area contributed by atoms with Gasteiger partial charge in [-0.25, -0.2) is 0 Å². The molecule has 2 amide bonds. The first-order valence-corrected chi connectivity index (χ1v) is 9.46. The molecule has 4 nitrogen and oxygen atoms in total. The molecule has 2 aromatic rings. The van der Waals surface area contributed by atoms with Crippen LogP contribution in [-0.4, -0.2) is 47.8 Å². The maximum atomic E-state index is 12.9. The van der Waals surface area contributed by atoms with Gasteiger partial charge in [-0.1, -0.05) is 48.9 Å². The van der Waals surface area contributed by atoms with E-state index < -0.39 is 0 Å². The highest BCUT2D eigenvalue weighted by molar-refractivity contribution is 5.95. The third-order valence-electron chi connectivity index (χ3n) is 5.55. The largest absolute Gasteiger partial charge is 0.339 e. The summed E-state index contributed by atoms with van der Waals surface area (Å²) in [6.07, 6.45) is 3.24. The molecule has 4 heteroatoms. The lowest BCUT2D eigenvalue weighted by Crippen LogP contribution is -2.52. The standard InChI is InChI=1S/C22H24N2O2/c25-21(18-8-4-9-18)23-12-14-24(15-13-23)22(26)20-11-5-10-19(16-20)17-6-2-1-3-7-17/h1-3,5-7,10-11,16,18H,4,8-9,12-15H2. The maximum Gasteiger partial charge on any atom is 0.253 e. The van der Waals surface area contributed by atoms with Crippen LogP contribution in [0.25, 0.3) is 11.1 Å². The highest BCUT2D eigenvalue weighted by atomic mass is 16.2. The molecule has 1 aliphatic carbocycles. The van der Waals surface area contributed by atoms with Gasteiger partial charge in [-0.05, 0) is 36.1 Å². The molecule has 0 spiro atoms. The van der Waals surface area contributed by atoms with Crippen molar-refractivity contribution in [2.24, 2.45) is 5.92 Å². The molecule has 4 rings (SSSR count). The third-order valence-corrected chi connectivity index (χ3v) is 5.55. The summed E-state index contributed by atoms with van der Waals surface area (Å²) in [6.45, 7) is 2.54. The zero-order chi connectivity index (χ0) is 17.9. The van der Waals surface area contributed by atoms with Crippen molar-refractivity contribution >= 4 is 11.8 Å². The lowest BCUT2D eigenvalue weighted by atomic mass is 9.84. The predicted octanol–water partition coefficient (Wildman–Crippen LogP) is 3.44. The van der Waals surface area contributed by atoms with Gasteiger partial charge in [0.05, 0.1) is 0 Å². The van der Waals surface area contributed by atoms with Crippen molar-refractivity contribution in [1.29, 1.82) is 0 Å². The van der Waals surface area contributed by atoms with Crippen LogP contribution in [0.2, 0.25) is 0 Å². The van der Waals surface area contributed by atoms with Gasteiger partial charge in [0.25, 0.3) is 5.91 Å². The van der Waals surface area contributed by atoms with Crippen LogP contribution in [0.3, 0.4) is 0 Å². The summed E-state index contributed by atoms with van der Waals surface area (Å²) in [5, 5.41) is 0. The number of rotatable bonds is 3. The minimum absolute atomic E-state index is 0.0542. The minimum Gasteiger partial charge on any atom is -0.339 e. The Labute approximate surface area is 154 Å². The first-order valence-electron chi connectivity index (χ1n) is 9.46. The van der Waals surface area contributed by atoms with Crippen molar-refractivity contribution < 1.29 is 9.59 Å². The molecule has 0 atom stereocenters. The molecule has 0 N–H and O–H groups in total. The number of carbonyl (C=O) groups is 2. The summed E-state index contributed by atoms with van der Waals surface area (Å²) in [5.41, 5.74) is 2.87. The molecule has 0 radical (unpaired) electrons. The Morgan fingerprint density at radius 3 is 2.08 bits per heavy atom. The topological polar surface area (TPSA) is 40.6 Å². The molecule has 1 heterocycles. The molecule has 134 valence electrons. The summed E-state index contributed by atoms with van der Waals surface area (Å²) >= 11 is 0. The van der Waals surface area contributed by atoms with E-state index in [0.29, 0.717) is 31.7 Å². The van der Waals surface area contributed by atoms with Gasteiger partial charge in [0.1, 0.15) is 0 Å². The molecule has 26 heavy (non-hydrogen) atoms. The van der Waals surface area contributed by atoms with Gasteiger partial charge in [-0.2, -0.15) is 0 Å². The van der Waals surface area contributed by atoms with Crippen LogP contribution in [0.4, 0.5) is 0 Å². The fraction of sp³-hybridized carbons (Fsp3) is 0.364. The van der Waals surface area contributed by atoms with Crippen LogP contribution < -0.4 is 0 Å². The average Bonchev–Trinajstić information content (AvgIpc) is 2.67. The van der Waals surface area contributed by atoms with Crippen molar-refractivity contribution in [3.63, 3.8) is 0 Å². The van der Waals surface area contributed by atoms with Crippen LogP contribution in [-0.2, 0) is 4.79 Å². The molecule has 0 bridgehead atoms. The Hall–Kier alpha value is -2.62. The second-order valence-corrected chi connectivity index (χ2v) is 7.19. The summed E-state index contributed by atoms with van der Waals surface area (Å²) in [5.74, 6) is 0.577. The van der Waals surface area contributed by atoms with Gasteiger partial charge in [-0.15, -0.1) is 0 Å². The Balaban J connectivity index is 1.41. The second-order valence-electron chi connectivity index (χ2n) is 7.19. The van der Waals surface area contributed by atoms with Crippen molar-refractivity contribution in [2.75, 3.05) is 26.2 Å². The number of piperazine rings is 1. The Morgan fingerprint density at radius 2 is 1.42 bits per heavy atom. The SMILES string of the molecule is O=C(c1cccc(-c2ccccc2)c1)N1CCN(C(=O)C2CCC2)CC1. The van der Waals surface area contributed by atoms with E-state index in [2.05, 4.69) is 12.1 Å².